The quantitative estimate of drug-likeness (QED) is 0.0654. The molecule has 3 atom stereocenters. The van der Waals surface area contributed by atoms with Gasteiger partial charge in [0.05, 0.1) is 24.4 Å². The molecular formula is C43H45Cl2N5O10S. The number of benzene rings is 5. The van der Waals surface area contributed by atoms with Crippen LogP contribution < -0.4 is 16.8 Å². The number of carboxylic acid groups (broad SMARTS) is 1. The summed E-state index contributed by atoms with van der Waals surface area (Å²) in [4.78, 5) is 41.8. The summed E-state index contributed by atoms with van der Waals surface area (Å²) in [7, 11) is 2.67. The van der Waals surface area contributed by atoms with E-state index in [0.29, 0.717) is 18.0 Å². The molecule has 0 spiro atoms. The van der Waals surface area contributed by atoms with E-state index in [0.717, 1.165) is 38.0 Å². The molecular weight excluding hydrogens is 849 g/mol. The number of aromatic hydroxyl groups is 3. The molecule has 2 heterocycles. The van der Waals surface area contributed by atoms with Crippen LogP contribution in [0.4, 0.5) is 5.13 Å². The smallest absolute Gasteiger partial charge is 0.328 e. The van der Waals surface area contributed by atoms with E-state index in [9.17, 15) is 19.5 Å². The second-order valence-corrected chi connectivity index (χ2v) is 14.2. The number of hydrogen-bond acceptors (Lipinski definition) is 15. The number of carbonyl (C=O) groups excluding carboxylic acids is 2. The normalized spacial score (nSPS) is 11.7. The number of esters is 2. The minimum atomic E-state index is -1.02. The fourth-order valence-electron chi connectivity index (χ4n) is 5.22. The van der Waals surface area contributed by atoms with Gasteiger partial charge in [0.1, 0.15) is 40.9 Å². The molecule has 15 nitrogen and oxygen atoms in total. The highest BCUT2D eigenvalue weighted by molar-refractivity contribution is 7.22. The number of phenols is 3. The molecule has 0 saturated carbocycles. The number of aliphatic carboxylic acids is 1. The molecule has 0 amide bonds. The maximum Gasteiger partial charge on any atom is 0.328 e. The van der Waals surface area contributed by atoms with Gasteiger partial charge in [0.25, 0.3) is 5.35 Å². The van der Waals surface area contributed by atoms with Gasteiger partial charge in [0, 0.05) is 6.42 Å². The van der Waals surface area contributed by atoms with Gasteiger partial charge in [-0.05, 0) is 102 Å². The Morgan fingerprint density at radius 2 is 1.13 bits per heavy atom. The Labute approximate surface area is 366 Å². The summed E-state index contributed by atoms with van der Waals surface area (Å²) < 4.78 is 15.5. The van der Waals surface area contributed by atoms with Crippen LogP contribution in [0.25, 0.3) is 21.3 Å². The fraction of sp³-hybridized carbons (Fsp3) is 0.186. The number of methoxy groups -OCH3 is 2. The Balaban J connectivity index is 0.000000227. The number of nitrogens with two attached hydrogens (primary N) is 2. The van der Waals surface area contributed by atoms with Gasteiger partial charge in [-0.2, -0.15) is 4.98 Å². The van der Waals surface area contributed by atoms with Crippen LogP contribution in [0.1, 0.15) is 16.7 Å². The zero-order chi connectivity index (χ0) is 43.6. The highest BCUT2D eigenvalue weighted by Gasteiger charge is 2.21. The van der Waals surface area contributed by atoms with Crippen LogP contribution in [0.2, 0.25) is 5.35 Å². The first-order valence-corrected chi connectivity index (χ1v) is 19.3. The van der Waals surface area contributed by atoms with Gasteiger partial charge in [-0.3, -0.25) is 9.59 Å². The minimum absolute atomic E-state index is 0. The van der Waals surface area contributed by atoms with E-state index in [-0.39, 0.29) is 47.4 Å². The molecule has 2 aromatic heterocycles. The number of hydrogen-bond donors (Lipinski definition) is 7. The number of nitrogens with one attached hydrogen (secondary N) is 1. The molecule has 0 saturated heterocycles. The number of para-hydroxylation sites is 3. The SMILES string of the molecule is COC(=O)[C@@H](N)Cc1ccc(O)cc1.COC(=O)[C@H](Cc1ccc(O)cc1)Nc1nc2ccccc2s1.Cl.Clc1nc2ccccc2o1.N[C@@H](Cc1ccc(O)cc1)C(=O)O. The summed E-state index contributed by atoms with van der Waals surface area (Å²) in [5.41, 5.74) is 15.9. The predicted octanol–water partition coefficient (Wildman–Crippen LogP) is 6.88. The van der Waals surface area contributed by atoms with Gasteiger partial charge in [-0.15, -0.1) is 12.4 Å². The fourth-order valence-corrected chi connectivity index (χ4v) is 6.32. The maximum atomic E-state index is 12.0. The van der Waals surface area contributed by atoms with E-state index in [2.05, 4.69) is 20.0 Å². The third-order valence-corrected chi connectivity index (χ3v) is 9.46. The van der Waals surface area contributed by atoms with Crippen LogP contribution in [-0.4, -0.2) is 80.6 Å². The second kappa shape index (κ2) is 24.6. The Bertz CT molecular complexity index is 2370. The van der Waals surface area contributed by atoms with Crippen molar-refractivity contribution < 1.29 is 48.7 Å². The summed E-state index contributed by atoms with van der Waals surface area (Å²) in [6.07, 6.45) is 1.13. The number of fused-ring (bicyclic) bond motifs is 2. The van der Waals surface area contributed by atoms with Crippen LogP contribution in [-0.2, 0) is 43.1 Å². The zero-order valence-electron chi connectivity index (χ0n) is 32.9. The van der Waals surface area contributed by atoms with Crippen LogP contribution >= 0.6 is 35.3 Å². The lowest BCUT2D eigenvalue weighted by molar-refractivity contribution is -0.142. The summed E-state index contributed by atoms with van der Waals surface area (Å²) in [5.74, 6) is -1.25. The molecule has 0 radical (unpaired) electrons. The van der Waals surface area contributed by atoms with Crippen LogP contribution in [0, 0.1) is 0 Å². The molecule has 7 rings (SSSR count). The first-order chi connectivity index (χ1) is 28.7. The molecule has 5 aromatic carbocycles. The summed E-state index contributed by atoms with van der Waals surface area (Å²) in [6, 6.07) is 32.8. The lowest BCUT2D eigenvalue weighted by Gasteiger charge is -2.15. The van der Waals surface area contributed by atoms with Crippen molar-refractivity contribution in [2.75, 3.05) is 19.5 Å². The molecule has 0 aliphatic rings. The number of carboxylic acids is 1. The summed E-state index contributed by atoms with van der Waals surface area (Å²) >= 11 is 7.00. The number of carbonyl (C=O) groups is 3. The van der Waals surface area contributed by atoms with Crippen molar-refractivity contribution in [2.45, 2.75) is 37.4 Å². The molecule has 0 unspecified atom stereocenters. The Hall–Kier alpha value is -6.43. The molecule has 0 aliphatic heterocycles. The maximum absolute atomic E-state index is 12.0. The Morgan fingerprint density at radius 1 is 0.672 bits per heavy atom. The van der Waals surface area contributed by atoms with Crippen molar-refractivity contribution in [3.05, 3.63) is 143 Å². The van der Waals surface area contributed by atoms with E-state index >= 15 is 0 Å². The molecule has 61 heavy (non-hydrogen) atoms. The Kier molecular flexibility index (Phi) is 19.7. The van der Waals surface area contributed by atoms with Gasteiger partial charge in [0.15, 0.2) is 10.7 Å². The van der Waals surface area contributed by atoms with E-state index in [1.165, 1.54) is 37.7 Å². The number of oxazole rings is 1. The third-order valence-electron chi connectivity index (χ3n) is 8.33. The van der Waals surface area contributed by atoms with Crippen LogP contribution in [0.3, 0.4) is 0 Å². The van der Waals surface area contributed by atoms with E-state index in [4.69, 9.17) is 47.5 Å². The molecule has 9 N–H and O–H groups in total. The average molecular weight is 895 g/mol. The lowest BCUT2D eigenvalue weighted by atomic mass is 10.1. The van der Waals surface area contributed by atoms with Crippen molar-refractivity contribution >= 4 is 79.7 Å². The highest BCUT2D eigenvalue weighted by atomic mass is 35.5. The van der Waals surface area contributed by atoms with Gasteiger partial charge < -0.3 is 51.1 Å². The van der Waals surface area contributed by atoms with E-state index in [1.807, 2.05) is 48.5 Å². The van der Waals surface area contributed by atoms with Crippen molar-refractivity contribution in [3.63, 3.8) is 0 Å². The molecule has 0 aliphatic carbocycles. The second-order valence-electron chi connectivity index (χ2n) is 12.8. The molecule has 0 bridgehead atoms. The lowest BCUT2D eigenvalue weighted by Crippen LogP contribution is -2.33. The van der Waals surface area contributed by atoms with E-state index in [1.54, 1.807) is 60.7 Å². The zero-order valence-corrected chi connectivity index (χ0v) is 35.3. The van der Waals surface area contributed by atoms with Crippen molar-refractivity contribution in [3.8, 4) is 17.2 Å². The van der Waals surface area contributed by atoms with Gasteiger partial charge in [-0.25, -0.2) is 9.78 Å². The first-order valence-electron chi connectivity index (χ1n) is 18.1. The first kappa shape index (κ1) is 48.9. The highest BCUT2D eigenvalue weighted by Crippen LogP contribution is 2.27. The molecule has 0 fully saturated rings. The minimum Gasteiger partial charge on any atom is -0.508 e. The number of ether oxygens (including phenoxy) is 2. The van der Waals surface area contributed by atoms with Gasteiger partial charge >= 0.3 is 17.9 Å². The summed E-state index contributed by atoms with van der Waals surface area (Å²) in [6.45, 7) is 0. The number of aromatic nitrogens is 2. The van der Waals surface area contributed by atoms with Crippen LogP contribution in [0.5, 0.6) is 17.2 Å². The standard InChI is InChI=1S/C17H16N2O3S.C10H13NO3.C9H11NO3.C7H4ClNO.ClH/c1-22-16(21)14(10-11-6-8-12(20)9-7-11)19-17-18-13-4-2-3-5-15(13)23-17;1-14-10(13)9(11)6-7-2-4-8(12)5-3-7;10-8(9(12)13)5-6-1-3-7(11)4-2-6;8-7-9-5-3-1-2-4-6(5)10-7;/h2-9,14,20H,10H2,1H3,(H,18,19);2-5,9,12H,6,11H2,1H3;1-4,8,11H,5,10H2,(H,12,13);1-4H;1H/t14-;9-;8-;;/m000../s1. The van der Waals surface area contributed by atoms with Crippen molar-refractivity contribution in [1.82, 2.24) is 9.97 Å². The third kappa shape index (κ3) is 16.3. The summed E-state index contributed by atoms with van der Waals surface area (Å²) in [5, 5.41) is 39.9. The topological polar surface area (TPSA) is 254 Å². The monoisotopic (exact) mass is 893 g/mol. The van der Waals surface area contributed by atoms with Crippen molar-refractivity contribution in [1.29, 1.82) is 0 Å². The number of nitrogens with zero attached hydrogens (tertiary/aromatic N) is 2. The molecule has 18 heteroatoms. The number of anilines is 1. The average Bonchev–Trinajstić information content (AvgIpc) is 3.85. The number of rotatable bonds is 11. The predicted molar refractivity (Wildman–Crippen MR) is 236 cm³/mol. The van der Waals surface area contributed by atoms with E-state index < -0.39 is 30.1 Å². The van der Waals surface area contributed by atoms with Crippen molar-refractivity contribution in [2.24, 2.45) is 11.5 Å². The molecule has 322 valence electrons. The van der Waals surface area contributed by atoms with Gasteiger partial charge in [-0.1, -0.05) is 72.0 Å². The van der Waals surface area contributed by atoms with Crippen LogP contribution in [0.15, 0.2) is 126 Å². The Morgan fingerprint density at radius 3 is 1.61 bits per heavy atom. The number of phenolic OH excluding ortho intramolecular Hbond substituents is 3. The largest absolute Gasteiger partial charge is 0.508 e. The number of halogens is 2. The van der Waals surface area contributed by atoms with Gasteiger partial charge in [0.2, 0.25) is 0 Å². The molecule has 7 aromatic rings. The number of thiazole rings is 1.